The van der Waals surface area contributed by atoms with E-state index in [0.717, 1.165) is 6.54 Å². The van der Waals surface area contributed by atoms with Gasteiger partial charge in [-0.1, -0.05) is 35.4 Å². The third-order valence-electron chi connectivity index (χ3n) is 2.24. The molecule has 0 saturated carbocycles. The molecule has 0 fully saturated rings. The van der Waals surface area contributed by atoms with Gasteiger partial charge in [0, 0.05) is 31.1 Å². The Hall–Kier alpha value is -1.55. The van der Waals surface area contributed by atoms with Gasteiger partial charge in [0.1, 0.15) is 0 Å². The lowest BCUT2D eigenvalue weighted by Gasteiger charge is -2.20. The highest BCUT2D eigenvalue weighted by atomic mass is 16.3. The van der Waals surface area contributed by atoms with Crippen molar-refractivity contribution in [3.8, 4) is 0 Å². The Morgan fingerprint density at radius 2 is 2.00 bits per heavy atom. The summed E-state index contributed by atoms with van der Waals surface area (Å²) in [6.07, 6.45) is 0. The zero-order chi connectivity index (χ0) is 11.6. The lowest BCUT2D eigenvalue weighted by molar-refractivity contribution is 0.194. The van der Waals surface area contributed by atoms with Crippen LogP contribution in [0, 0.1) is 0 Å². The van der Waals surface area contributed by atoms with Gasteiger partial charge in [-0.05, 0) is 11.1 Å². The van der Waals surface area contributed by atoms with E-state index in [-0.39, 0.29) is 6.61 Å². The number of aliphatic hydroxyl groups is 1. The molecular formula is C11H16N4O. The molecule has 0 aliphatic heterocycles. The van der Waals surface area contributed by atoms with Gasteiger partial charge >= 0.3 is 0 Å². The van der Waals surface area contributed by atoms with E-state index in [1.165, 1.54) is 5.56 Å². The van der Waals surface area contributed by atoms with E-state index < -0.39 is 0 Å². The first-order valence-electron chi connectivity index (χ1n) is 5.25. The van der Waals surface area contributed by atoms with Gasteiger partial charge in [0.05, 0.1) is 6.61 Å². The summed E-state index contributed by atoms with van der Waals surface area (Å²) in [6, 6.07) is 10.0. The number of benzene rings is 1. The average Bonchev–Trinajstić information content (AvgIpc) is 2.31. The van der Waals surface area contributed by atoms with Gasteiger partial charge in [-0.2, -0.15) is 0 Å². The van der Waals surface area contributed by atoms with Crippen LogP contribution in [0.4, 0.5) is 0 Å². The Balaban J connectivity index is 2.47. The van der Waals surface area contributed by atoms with E-state index in [2.05, 4.69) is 14.9 Å². The van der Waals surface area contributed by atoms with Crippen molar-refractivity contribution in [2.75, 3.05) is 26.2 Å². The molecule has 1 aromatic carbocycles. The third-order valence-corrected chi connectivity index (χ3v) is 2.24. The maximum atomic E-state index is 8.93. The first-order valence-corrected chi connectivity index (χ1v) is 5.25. The van der Waals surface area contributed by atoms with Crippen LogP contribution in [-0.2, 0) is 6.54 Å². The Labute approximate surface area is 94.9 Å². The van der Waals surface area contributed by atoms with Gasteiger partial charge in [0.25, 0.3) is 0 Å². The average molecular weight is 220 g/mol. The normalized spacial score (nSPS) is 10.1. The first kappa shape index (κ1) is 12.5. The van der Waals surface area contributed by atoms with Crippen molar-refractivity contribution >= 4 is 0 Å². The number of aliphatic hydroxyl groups excluding tert-OH is 1. The van der Waals surface area contributed by atoms with Gasteiger partial charge in [-0.15, -0.1) is 0 Å². The van der Waals surface area contributed by atoms with Gasteiger partial charge in [-0.3, -0.25) is 4.90 Å². The van der Waals surface area contributed by atoms with E-state index >= 15 is 0 Å². The van der Waals surface area contributed by atoms with Gasteiger partial charge in [0.15, 0.2) is 0 Å². The van der Waals surface area contributed by atoms with E-state index in [1.54, 1.807) is 0 Å². The third kappa shape index (κ3) is 4.79. The summed E-state index contributed by atoms with van der Waals surface area (Å²) in [5, 5.41) is 12.4. The topological polar surface area (TPSA) is 72.2 Å². The van der Waals surface area contributed by atoms with Gasteiger partial charge in [-0.25, -0.2) is 0 Å². The first-order chi connectivity index (χ1) is 7.86. The minimum atomic E-state index is 0.114. The monoisotopic (exact) mass is 220 g/mol. The molecule has 86 valence electrons. The van der Waals surface area contributed by atoms with E-state index in [1.807, 2.05) is 30.3 Å². The fourth-order valence-corrected chi connectivity index (χ4v) is 1.48. The van der Waals surface area contributed by atoms with Crippen LogP contribution in [0.1, 0.15) is 5.56 Å². The summed E-state index contributed by atoms with van der Waals surface area (Å²) in [7, 11) is 0. The largest absolute Gasteiger partial charge is 0.395 e. The maximum absolute atomic E-state index is 8.93. The molecular weight excluding hydrogens is 204 g/mol. The molecule has 0 heterocycles. The molecule has 0 saturated heterocycles. The molecule has 0 spiro atoms. The number of hydrogen-bond donors (Lipinski definition) is 1. The lowest BCUT2D eigenvalue weighted by atomic mass is 10.2. The minimum absolute atomic E-state index is 0.114. The Kier molecular flexibility index (Phi) is 6.03. The molecule has 0 unspecified atom stereocenters. The molecule has 0 radical (unpaired) electrons. The predicted octanol–water partition coefficient (Wildman–Crippen LogP) is 1.79. The lowest BCUT2D eigenvalue weighted by Crippen LogP contribution is -2.28. The maximum Gasteiger partial charge on any atom is 0.0558 e. The molecule has 1 N–H and O–H groups in total. The van der Waals surface area contributed by atoms with Gasteiger partial charge in [0.2, 0.25) is 0 Å². The smallest absolute Gasteiger partial charge is 0.0558 e. The number of azide groups is 1. The fraction of sp³-hybridized carbons (Fsp3) is 0.455. The number of hydrogen-bond acceptors (Lipinski definition) is 3. The zero-order valence-corrected chi connectivity index (χ0v) is 9.16. The van der Waals surface area contributed by atoms with Crippen molar-refractivity contribution in [3.63, 3.8) is 0 Å². The van der Waals surface area contributed by atoms with Crippen LogP contribution in [0.25, 0.3) is 10.4 Å². The highest BCUT2D eigenvalue weighted by molar-refractivity contribution is 5.14. The second kappa shape index (κ2) is 7.70. The van der Waals surface area contributed by atoms with E-state index in [9.17, 15) is 0 Å². The molecule has 0 aliphatic rings. The van der Waals surface area contributed by atoms with Crippen molar-refractivity contribution < 1.29 is 5.11 Å². The molecule has 0 aliphatic carbocycles. The van der Waals surface area contributed by atoms with Crippen molar-refractivity contribution in [3.05, 3.63) is 46.3 Å². The highest BCUT2D eigenvalue weighted by Gasteiger charge is 2.03. The quantitative estimate of drug-likeness (QED) is 0.432. The molecule has 0 amide bonds. The molecule has 1 rings (SSSR count). The summed E-state index contributed by atoms with van der Waals surface area (Å²) in [6.45, 7) is 2.57. The Morgan fingerprint density at radius 3 is 2.62 bits per heavy atom. The van der Waals surface area contributed by atoms with Crippen molar-refractivity contribution in [1.82, 2.24) is 4.90 Å². The second-order valence-corrected chi connectivity index (χ2v) is 3.44. The summed E-state index contributed by atoms with van der Waals surface area (Å²) >= 11 is 0. The summed E-state index contributed by atoms with van der Waals surface area (Å²) in [5.41, 5.74) is 9.38. The number of nitrogens with zero attached hydrogens (tertiary/aromatic N) is 4. The molecule has 16 heavy (non-hydrogen) atoms. The molecule has 0 atom stereocenters. The van der Waals surface area contributed by atoms with E-state index in [0.29, 0.717) is 19.6 Å². The Bertz CT molecular complexity index is 335. The van der Waals surface area contributed by atoms with Crippen LogP contribution >= 0.6 is 0 Å². The van der Waals surface area contributed by atoms with Crippen LogP contribution in [0.2, 0.25) is 0 Å². The molecule has 1 aromatic rings. The van der Waals surface area contributed by atoms with Crippen LogP contribution in [0.5, 0.6) is 0 Å². The summed E-state index contributed by atoms with van der Waals surface area (Å²) in [5.74, 6) is 0. The Morgan fingerprint density at radius 1 is 1.25 bits per heavy atom. The molecule has 0 aromatic heterocycles. The molecule has 5 heteroatoms. The van der Waals surface area contributed by atoms with Crippen LogP contribution in [0.3, 0.4) is 0 Å². The zero-order valence-electron chi connectivity index (χ0n) is 9.16. The van der Waals surface area contributed by atoms with Crippen molar-refractivity contribution in [1.29, 1.82) is 0 Å². The minimum Gasteiger partial charge on any atom is -0.395 e. The molecule has 5 nitrogen and oxygen atoms in total. The van der Waals surface area contributed by atoms with E-state index in [4.69, 9.17) is 10.6 Å². The summed E-state index contributed by atoms with van der Waals surface area (Å²) < 4.78 is 0. The standard InChI is InChI=1S/C11H16N4O/c12-14-13-6-7-15(8-9-16)10-11-4-2-1-3-5-11/h1-5,16H,6-10H2. The second-order valence-electron chi connectivity index (χ2n) is 3.44. The number of rotatable bonds is 7. The summed E-state index contributed by atoms with van der Waals surface area (Å²) in [4.78, 5) is 4.77. The highest BCUT2D eigenvalue weighted by Crippen LogP contribution is 2.03. The van der Waals surface area contributed by atoms with Crippen molar-refractivity contribution in [2.24, 2.45) is 5.11 Å². The van der Waals surface area contributed by atoms with Crippen LogP contribution < -0.4 is 0 Å². The molecule has 0 bridgehead atoms. The van der Waals surface area contributed by atoms with Crippen LogP contribution in [0.15, 0.2) is 35.4 Å². The van der Waals surface area contributed by atoms with Crippen molar-refractivity contribution in [2.45, 2.75) is 6.54 Å². The SMILES string of the molecule is [N-]=[N+]=NCCN(CCO)Cc1ccccc1. The predicted molar refractivity (Wildman–Crippen MR) is 62.8 cm³/mol. The van der Waals surface area contributed by atoms with Gasteiger partial charge < -0.3 is 5.11 Å². The fourth-order valence-electron chi connectivity index (χ4n) is 1.48. The van der Waals surface area contributed by atoms with Crippen LogP contribution in [-0.4, -0.2) is 36.2 Å².